The van der Waals surface area contributed by atoms with E-state index in [9.17, 15) is 0 Å². The summed E-state index contributed by atoms with van der Waals surface area (Å²) in [5.41, 5.74) is 1.79. The van der Waals surface area contributed by atoms with Gasteiger partial charge in [-0.2, -0.15) is 5.26 Å². The Hall–Kier alpha value is -2.45. The molecule has 5 heteroatoms. The zero-order chi connectivity index (χ0) is 14.2. The molecule has 0 bridgehead atoms. The van der Waals surface area contributed by atoms with Crippen LogP contribution in [0, 0.1) is 11.3 Å². The van der Waals surface area contributed by atoms with Crippen molar-refractivity contribution in [3.8, 4) is 6.07 Å². The average Bonchev–Trinajstić information content (AvgIpc) is 2.50. The summed E-state index contributed by atoms with van der Waals surface area (Å²) in [7, 11) is 0. The number of thiocarbonyl (C=S) groups is 1. The van der Waals surface area contributed by atoms with Crippen LogP contribution in [-0.2, 0) is 0 Å². The predicted octanol–water partition coefficient (Wildman–Crippen LogP) is 3.20. The quantitative estimate of drug-likeness (QED) is 0.873. The second-order valence-corrected chi connectivity index (χ2v) is 4.45. The number of nitrogens with one attached hydrogen (secondary N) is 1. The number of nitriles is 1. The van der Waals surface area contributed by atoms with E-state index in [0.29, 0.717) is 18.1 Å². The van der Waals surface area contributed by atoms with Crippen LogP contribution < -0.4 is 10.2 Å². The first kappa shape index (κ1) is 14.0. The third-order valence-corrected chi connectivity index (χ3v) is 3.00. The van der Waals surface area contributed by atoms with E-state index < -0.39 is 0 Å². The average molecular weight is 282 g/mol. The maximum atomic E-state index is 8.78. The molecule has 100 valence electrons. The molecular formula is C15H14N4S. The fourth-order valence-corrected chi connectivity index (χ4v) is 2.05. The van der Waals surface area contributed by atoms with Crippen LogP contribution in [-0.4, -0.2) is 16.6 Å². The van der Waals surface area contributed by atoms with Crippen molar-refractivity contribution in [2.24, 2.45) is 0 Å². The minimum atomic E-state index is 0.394. The molecule has 2 aromatic rings. The molecule has 0 radical (unpaired) electrons. The Morgan fingerprint density at radius 3 is 2.70 bits per heavy atom. The van der Waals surface area contributed by atoms with E-state index in [0.717, 1.165) is 11.4 Å². The molecule has 1 aromatic carbocycles. The SMILES string of the molecule is N#CCCN(C(=S)Nc1ccccc1)c1cccnc1. The maximum absolute atomic E-state index is 8.78. The number of benzene rings is 1. The van der Waals surface area contributed by atoms with Crippen LogP contribution in [0.25, 0.3) is 0 Å². The minimum absolute atomic E-state index is 0.394. The lowest BCUT2D eigenvalue weighted by molar-refractivity contribution is 0.973. The standard InChI is InChI=1S/C15H14N4S/c16-9-5-11-19(14-8-4-10-17-12-14)15(20)18-13-6-2-1-3-7-13/h1-4,6-8,10,12H,5,11H2,(H,18,20). The number of rotatable bonds is 4. The van der Waals surface area contributed by atoms with Crippen LogP contribution in [0.1, 0.15) is 6.42 Å². The summed E-state index contributed by atoms with van der Waals surface area (Å²) >= 11 is 5.43. The first-order valence-corrected chi connectivity index (χ1v) is 6.62. The first-order valence-electron chi connectivity index (χ1n) is 6.22. The van der Waals surface area contributed by atoms with Gasteiger partial charge in [0.1, 0.15) is 0 Å². The zero-order valence-electron chi connectivity index (χ0n) is 10.9. The van der Waals surface area contributed by atoms with Gasteiger partial charge < -0.3 is 10.2 Å². The number of para-hydroxylation sites is 1. The number of hydrogen-bond donors (Lipinski definition) is 1. The van der Waals surface area contributed by atoms with Crippen LogP contribution in [0.15, 0.2) is 54.9 Å². The molecule has 1 N–H and O–H groups in total. The molecule has 20 heavy (non-hydrogen) atoms. The van der Waals surface area contributed by atoms with E-state index in [1.165, 1.54) is 0 Å². The smallest absolute Gasteiger partial charge is 0.178 e. The van der Waals surface area contributed by atoms with Crippen LogP contribution >= 0.6 is 12.2 Å². The predicted molar refractivity (Wildman–Crippen MR) is 84.5 cm³/mol. The van der Waals surface area contributed by atoms with Gasteiger partial charge in [0, 0.05) is 18.4 Å². The Labute approximate surface area is 123 Å². The Balaban J connectivity index is 2.14. The van der Waals surface area contributed by atoms with Crippen LogP contribution in [0.5, 0.6) is 0 Å². The van der Waals surface area contributed by atoms with Crippen molar-refractivity contribution in [1.29, 1.82) is 5.26 Å². The maximum Gasteiger partial charge on any atom is 0.178 e. The minimum Gasteiger partial charge on any atom is -0.332 e. The number of nitrogens with zero attached hydrogens (tertiary/aromatic N) is 3. The first-order chi connectivity index (χ1) is 9.81. The molecule has 0 aliphatic carbocycles. The van der Waals surface area contributed by atoms with E-state index in [-0.39, 0.29) is 0 Å². The molecule has 0 fully saturated rings. The molecule has 0 amide bonds. The molecule has 0 atom stereocenters. The highest BCUT2D eigenvalue weighted by Gasteiger charge is 2.12. The fourth-order valence-electron chi connectivity index (χ4n) is 1.74. The van der Waals surface area contributed by atoms with Crippen molar-refractivity contribution < 1.29 is 0 Å². The zero-order valence-corrected chi connectivity index (χ0v) is 11.7. The third-order valence-electron chi connectivity index (χ3n) is 2.68. The number of anilines is 2. The van der Waals surface area contributed by atoms with Gasteiger partial charge in [0.15, 0.2) is 5.11 Å². The molecule has 4 nitrogen and oxygen atoms in total. The van der Waals surface area contributed by atoms with E-state index in [4.69, 9.17) is 17.5 Å². The molecule has 0 unspecified atom stereocenters. The molecule has 1 heterocycles. The van der Waals surface area contributed by atoms with Crippen LogP contribution in [0.2, 0.25) is 0 Å². The summed E-state index contributed by atoms with van der Waals surface area (Å²) in [4.78, 5) is 5.96. The monoisotopic (exact) mass is 282 g/mol. The fraction of sp³-hybridized carbons (Fsp3) is 0.133. The van der Waals surface area contributed by atoms with Gasteiger partial charge in [-0.3, -0.25) is 4.98 Å². The lowest BCUT2D eigenvalue weighted by Gasteiger charge is -2.24. The summed E-state index contributed by atoms with van der Waals surface area (Å²) in [6, 6.07) is 15.6. The van der Waals surface area contributed by atoms with Gasteiger partial charge in [0.2, 0.25) is 0 Å². The summed E-state index contributed by atoms with van der Waals surface area (Å²) in [6.45, 7) is 0.529. The van der Waals surface area contributed by atoms with Gasteiger partial charge in [-0.25, -0.2) is 0 Å². The van der Waals surface area contributed by atoms with Gasteiger partial charge in [0.05, 0.1) is 24.4 Å². The summed E-state index contributed by atoms with van der Waals surface area (Å²) in [5.74, 6) is 0. The van der Waals surface area contributed by atoms with Crippen molar-refractivity contribution in [2.45, 2.75) is 6.42 Å². The second-order valence-electron chi connectivity index (χ2n) is 4.07. The van der Waals surface area contributed by atoms with E-state index in [1.54, 1.807) is 12.4 Å². The Bertz CT molecular complexity index is 592. The lowest BCUT2D eigenvalue weighted by atomic mass is 10.3. The Morgan fingerprint density at radius 2 is 2.05 bits per heavy atom. The Morgan fingerprint density at radius 1 is 1.25 bits per heavy atom. The summed E-state index contributed by atoms with van der Waals surface area (Å²) in [6.07, 6.45) is 3.83. The van der Waals surface area contributed by atoms with Crippen LogP contribution in [0.3, 0.4) is 0 Å². The number of aromatic nitrogens is 1. The van der Waals surface area contributed by atoms with Crippen molar-refractivity contribution in [3.05, 3.63) is 54.9 Å². The molecule has 2 rings (SSSR count). The van der Waals surface area contributed by atoms with Crippen molar-refractivity contribution >= 4 is 28.7 Å². The van der Waals surface area contributed by atoms with E-state index >= 15 is 0 Å². The molecule has 0 saturated carbocycles. The van der Waals surface area contributed by atoms with Gasteiger partial charge in [-0.15, -0.1) is 0 Å². The molecule has 1 aromatic heterocycles. The van der Waals surface area contributed by atoms with Crippen molar-refractivity contribution in [2.75, 3.05) is 16.8 Å². The van der Waals surface area contributed by atoms with Crippen molar-refractivity contribution in [1.82, 2.24) is 4.98 Å². The molecule has 0 aliphatic heterocycles. The highest BCUT2D eigenvalue weighted by atomic mass is 32.1. The third kappa shape index (κ3) is 3.77. The van der Waals surface area contributed by atoms with E-state index in [1.807, 2.05) is 47.4 Å². The molecule has 0 aliphatic rings. The molecular weight excluding hydrogens is 268 g/mol. The number of pyridine rings is 1. The normalized spacial score (nSPS) is 9.55. The topological polar surface area (TPSA) is 52.0 Å². The van der Waals surface area contributed by atoms with Crippen molar-refractivity contribution in [3.63, 3.8) is 0 Å². The van der Waals surface area contributed by atoms with Gasteiger partial charge in [0.25, 0.3) is 0 Å². The van der Waals surface area contributed by atoms with Gasteiger partial charge >= 0.3 is 0 Å². The summed E-state index contributed by atoms with van der Waals surface area (Å²) < 4.78 is 0. The lowest BCUT2D eigenvalue weighted by Crippen LogP contribution is -2.35. The van der Waals surface area contributed by atoms with Crippen LogP contribution in [0.4, 0.5) is 11.4 Å². The number of hydrogen-bond acceptors (Lipinski definition) is 3. The van der Waals surface area contributed by atoms with Gasteiger partial charge in [-0.05, 0) is 36.5 Å². The molecule has 0 saturated heterocycles. The van der Waals surface area contributed by atoms with Gasteiger partial charge in [-0.1, -0.05) is 18.2 Å². The second kappa shape index (κ2) is 7.22. The largest absolute Gasteiger partial charge is 0.332 e. The Kier molecular flexibility index (Phi) is 5.04. The summed E-state index contributed by atoms with van der Waals surface area (Å²) in [5, 5.41) is 12.5. The highest BCUT2D eigenvalue weighted by Crippen LogP contribution is 2.15. The molecule has 0 spiro atoms. The van der Waals surface area contributed by atoms with E-state index in [2.05, 4.69) is 16.4 Å². The highest BCUT2D eigenvalue weighted by molar-refractivity contribution is 7.80.